The molecular formula is C20H24BNO4. The number of methoxy groups -OCH3 is 1. The normalized spacial score (nSPS) is 20.5. The molecule has 2 fully saturated rings. The van der Waals surface area contributed by atoms with Crippen LogP contribution in [0.15, 0.2) is 36.5 Å². The summed E-state index contributed by atoms with van der Waals surface area (Å²) in [6, 6.07) is 10.0. The molecule has 2 aromatic rings. The zero-order valence-corrected chi connectivity index (χ0v) is 15.1. The smallest absolute Gasteiger partial charge is 0.454 e. The minimum absolute atomic E-state index is 0.208. The lowest BCUT2D eigenvalue weighted by Crippen LogP contribution is -2.11. The van der Waals surface area contributed by atoms with Crippen molar-refractivity contribution < 1.29 is 19.2 Å². The van der Waals surface area contributed by atoms with Crippen molar-refractivity contribution in [1.29, 1.82) is 0 Å². The number of nitrogens with zero attached hydrogens (tertiary/aromatic N) is 1. The Morgan fingerprint density at radius 3 is 2.73 bits per heavy atom. The maximum atomic E-state index is 9.61. The van der Waals surface area contributed by atoms with Crippen molar-refractivity contribution in [2.45, 2.75) is 44.0 Å². The summed E-state index contributed by atoms with van der Waals surface area (Å²) in [5, 5.41) is 9.61. The summed E-state index contributed by atoms with van der Waals surface area (Å²) in [5.74, 6) is 1.74. The number of benzene rings is 1. The highest BCUT2D eigenvalue weighted by molar-refractivity contribution is 6.43. The van der Waals surface area contributed by atoms with Gasteiger partial charge in [0.25, 0.3) is 0 Å². The molecule has 1 aromatic heterocycles. The molecule has 1 atom stereocenters. The third-order valence-corrected chi connectivity index (χ3v) is 5.29. The van der Waals surface area contributed by atoms with Crippen LogP contribution in [0.25, 0.3) is 11.3 Å². The molecule has 0 amide bonds. The van der Waals surface area contributed by atoms with Gasteiger partial charge < -0.3 is 19.2 Å². The third kappa shape index (κ3) is 3.71. The van der Waals surface area contributed by atoms with Crippen LogP contribution >= 0.6 is 0 Å². The van der Waals surface area contributed by atoms with Gasteiger partial charge in [0, 0.05) is 24.3 Å². The Kier molecular flexibility index (Phi) is 5.13. The van der Waals surface area contributed by atoms with Gasteiger partial charge in [-0.15, -0.1) is 0 Å². The standard InChI is InChI=1S/C20H24BNO4/c1-24-19-7-6-15(11-20(19)26-17-4-2-3-5-17)18-10-14(8-9-22-18)16-12-21(23)25-13-16/h6-11,16-17,23H,2-5,12-13H2,1H3/t16-/m0/s1. The fourth-order valence-corrected chi connectivity index (χ4v) is 3.81. The van der Waals surface area contributed by atoms with Crippen LogP contribution in [0.1, 0.15) is 37.2 Å². The molecule has 5 nitrogen and oxygen atoms in total. The highest BCUT2D eigenvalue weighted by atomic mass is 16.5. The van der Waals surface area contributed by atoms with E-state index in [0.29, 0.717) is 12.9 Å². The van der Waals surface area contributed by atoms with E-state index in [1.165, 1.54) is 12.8 Å². The quantitative estimate of drug-likeness (QED) is 0.831. The van der Waals surface area contributed by atoms with E-state index in [2.05, 4.69) is 11.1 Å². The molecular weight excluding hydrogens is 329 g/mol. The molecule has 0 unspecified atom stereocenters. The number of aromatic nitrogens is 1. The molecule has 0 radical (unpaired) electrons. The fourth-order valence-electron chi connectivity index (χ4n) is 3.81. The molecule has 2 aliphatic rings. The third-order valence-electron chi connectivity index (χ3n) is 5.29. The Balaban J connectivity index is 1.60. The van der Waals surface area contributed by atoms with Gasteiger partial charge in [-0.05, 0) is 67.9 Å². The second-order valence-electron chi connectivity index (χ2n) is 7.08. The topological polar surface area (TPSA) is 60.8 Å². The number of rotatable bonds is 5. The van der Waals surface area contributed by atoms with Gasteiger partial charge in [-0.1, -0.05) is 0 Å². The maximum Gasteiger partial charge on any atom is 0.454 e. The first kappa shape index (κ1) is 17.4. The van der Waals surface area contributed by atoms with Crippen molar-refractivity contribution in [3.05, 3.63) is 42.1 Å². The van der Waals surface area contributed by atoms with Gasteiger partial charge in [0.15, 0.2) is 11.5 Å². The van der Waals surface area contributed by atoms with E-state index in [1.54, 1.807) is 7.11 Å². The molecule has 1 saturated carbocycles. The summed E-state index contributed by atoms with van der Waals surface area (Å²) >= 11 is 0. The van der Waals surface area contributed by atoms with Crippen LogP contribution in [0.4, 0.5) is 0 Å². The van der Waals surface area contributed by atoms with Crippen LogP contribution in [0.5, 0.6) is 11.5 Å². The first-order chi connectivity index (χ1) is 12.7. The van der Waals surface area contributed by atoms with Gasteiger partial charge in [0.1, 0.15) is 0 Å². The Morgan fingerprint density at radius 2 is 2.00 bits per heavy atom. The molecule has 4 rings (SSSR count). The average molecular weight is 353 g/mol. The van der Waals surface area contributed by atoms with Crippen molar-refractivity contribution in [3.8, 4) is 22.8 Å². The van der Waals surface area contributed by atoms with Gasteiger partial charge in [0.05, 0.1) is 18.9 Å². The molecule has 6 heteroatoms. The zero-order valence-electron chi connectivity index (χ0n) is 15.1. The van der Waals surface area contributed by atoms with Crippen LogP contribution in [0.3, 0.4) is 0 Å². The van der Waals surface area contributed by atoms with Gasteiger partial charge >= 0.3 is 7.12 Å². The van der Waals surface area contributed by atoms with E-state index in [-0.39, 0.29) is 12.0 Å². The number of hydrogen-bond donors (Lipinski definition) is 1. The van der Waals surface area contributed by atoms with Gasteiger partial charge in [-0.3, -0.25) is 4.98 Å². The van der Waals surface area contributed by atoms with E-state index in [0.717, 1.165) is 41.2 Å². The molecule has 2 heterocycles. The number of pyridine rings is 1. The molecule has 26 heavy (non-hydrogen) atoms. The summed E-state index contributed by atoms with van der Waals surface area (Å²) in [5.41, 5.74) is 3.03. The zero-order chi connectivity index (χ0) is 17.9. The summed E-state index contributed by atoms with van der Waals surface area (Å²) in [7, 11) is 1.00. The second-order valence-corrected chi connectivity index (χ2v) is 7.08. The van der Waals surface area contributed by atoms with Crippen molar-refractivity contribution in [2.24, 2.45) is 0 Å². The van der Waals surface area contributed by atoms with Crippen molar-refractivity contribution in [1.82, 2.24) is 4.98 Å². The maximum absolute atomic E-state index is 9.61. The first-order valence-electron chi connectivity index (χ1n) is 9.33. The molecule has 1 aliphatic carbocycles. The minimum atomic E-state index is -0.663. The predicted molar refractivity (Wildman–Crippen MR) is 101 cm³/mol. The van der Waals surface area contributed by atoms with E-state index in [1.807, 2.05) is 30.5 Å². The second kappa shape index (κ2) is 7.68. The largest absolute Gasteiger partial charge is 0.493 e. The lowest BCUT2D eigenvalue weighted by molar-refractivity contribution is 0.201. The highest BCUT2D eigenvalue weighted by Gasteiger charge is 2.30. The van der Waals surface area contributed by atoms with Crippen LogP contribution in [0, 0.1) is 0 Å². The highest BCUT2D eigenvalue weighted by Crippen LogP contribution is 2.36. The van der Waals surface area contributed by atoms with Gasteiger partial charge in [-0.2, -0.15) is 0 Å². The van der Waals surface area contributed by atoms with Crippen molar-refractivity contribution >= 4 is 7.12 Å². The predicted octanol–water partition coefficient (Wildman–Crippen LogP) is 3.67. The van der Waals surface area contributed by atoms with Gasteiger partial charge in [-0.25, -0.2) is 0 Å². The summed E-state index contributed by atoms with van der Waals surface area (Å²) in [4.78, 5) is 4.53. The van der Waals surface area contributed by atoms with Crippen LogP contribution in [-0.2, 0) is 4.65 Å². The van der Waals surface area contributed by atoms with E-state index in [4.69, 9.17) is 14.1 Å². The lowest BCUT2D eigenvalue weighted by atomic mass is 9.79. The van der Waals surface area contributed by atoms with Crippen molar-refractivity contribution in [3.63, 3.8) is 0 Å². The molecule has 1 aliphatic heterocycles. The van der Waals surface area contributed by atoms with Gasteiger partial charge in [0.2, 0.25) is 0 Å². The summed E-state index contributed by atoms with van der Waals surface area (Å²) in [6.45, 7) is 0.545. The van der Waals surface area contributed by atoms with E-state index < -0.39 is 7.12 Å². The lowest BCUT2D eigenvalue weighted by Gasteiger charge is -2.17. The van der Waals surface area contributed by atoms with E-state index in [9.17, 15) is 5.02 Å². The summed E-state index contributed by atoms with van der Waals surface area (Å²) in [6.07, 6.45) is 7.38. The monoisotopic (exact) mass is 353 g/mol. The Hall–Kier alpha value is -2.05. The van der Waals surface area contributed by atoms with E-state index >= 15 is 0 Å². The molecule has 1 aromatic carbocycles. The SMILES string of the molecule is COc1ccc(-c2cc([C@@H]3COB(O)C3)ccn2)cc1OC1CCCC1. The molecule has 1 N–H and O–H groups in total. The number of hydrogen-bond acceptors (Lipinski definition) is 5. The Labute approximate surface area is 154 Å². The van der Waals surface area contributed by atoms with Crippen LogP contribution in [0.2, 0.25) is 6.32 Å². The Bertz CT molecular complexity index is 763. The number of ether oxygens (including phenoxy) is 2. The molecule has 1 saturated heterocycles. The van der Waals surface area contributed by atoms with Crippen LogP contribution < -0.4 is 9.47 Å². The van der Waals surface area contributed by atoms with Crippen molar-refractivity contribution in [2.75, 3.05) is 13.7 Å². The molecule has 136 valence electrons. The molecule has 0 bridgehead atoms. The average Bonchev–Trinajstić information content (AvgIpc) is 3.33. The minimum Gasteiger partial charge on any atom is -0.493 e. The first-order valence-corrected chi connectivity index (χ1v) is 9.33. The fraction of sp³-hybridized carbons (Fsp3) is 0.450. The molecule has 0 spiro atoms. The Morgan fingerprint density at radius 1 is 1.15 bits per heavy atom. The van der Waals surface area contributed by atoms with Crippen LogP contribution in [-0.4, -0.2) is 36.9 Å². The summed E-state index contributed by atoms with van der Waals surface area (Å²) < 4.78 is 17.0.